The first-order chi connectivity index (χ1) is 18.3. The summed E-state index contributed by atoms with van der Waals surface area (Å²) in [4.78, 5) is 17.9. The Kier molecular flexibility index (Phi) is 6.56. The van der Waals surface area contributed by atoms with Crippen molar-refractivity contribution >= 4 is 28.9 Å². The van der Waals surface area contributed by atoms with Crippen LogP contribution in [0.3, 0.4) is 0 Å². The fourth-order valence-corrected chi connectivity index (χ4v) is 5.84. The molecule has 5 rings (SSSR count). The Hall–Kier alpha value is -3.98. The van der Waals surface area contributed by atoms with Crippen molar-refractivity contribution in [2.45, 2.75) is 32.0 Å². The monoisotopic (exact) mass is 534 g/mol. The summed E-state index contributed by atoms with van der Waals surface area (Å²) in [6.45, 7) is 4.01. The van der Waals surface area contributed by atoms with E-state index in [1.807, 2.05) is 61.2 Å². The average molecular weight is 535 g/mol. The third-order valence-corrected chi connectivity index (χ3v) is 7.43. The van der Waals surface area contributed by atoms with E-state index in [2.05, 4.69) is 0 Å². The molecule has 2 atom stereocenters. The molecule has 2 bridgehead atoms. The number of para-hydroxylation sites is 1. The Morgan fingerprint density at radius 1 is 0.947 bits per heavy atom. The molecule has 0 spiro atoms. The molecule has 0 radical (unpaired) electrons. The van der Waals surface area contributed by atoms with Crippen LogP contribution in [0, 0.1) is 6.92 Å². The fraction of sp³-hybridized carbons (Fsp3) is 0.310. The van der Waals surface area contributed by atoms with Gasteiger partial charge in [-0.05, 0) is 62.0 Å². The van der Waals surface area contributed by atoms with Crippen molar-refractivity contribution in [2.75, 3.05) is 33.3 Å². The molecule has 1 amide bonds. The number of carbonyl (C=O) groups is 1. The zero-order chi connectivity index (χ0) is 27.2. The van der Waals surface area contributed by atoms with Gasteiger partial charge in [0.25, 0.3) is 5.91 Å². The van der Waals surface area contributed by atoms with E-state index in [9.17, 15) is 4.79 Å². The summed E-state index contributed by atoms with van der Waals surface area (Å²) in [5, 5.41) is 0.335. The van der Waals surface area contributed by atoms with Crippen LogP contribution < -0.4 is 28.6 Å². The smallest absolute Gasteiger partial charge is 0.260 e. The number of hydrogen-bond donors (Lipinski definition) is 0. The predicted molar refractivity (Wildman–Crippen MR) is 148 cm³/mol. The fourth-order valence-electron chi connectivity index (χ4n) is 5.33. The molecule has 0 saturated carbocycles. The number of ether oxygens (including phenoxy) is 5. The van der Waals surface area contributed by atoms with Gasteiger partial charge in [-0.15, -0.1) is 0 Å². The van der Waals surface area contributed by atoms with Crippen LogP contribution in [-0.4, -0.2) is 50.1 Å². The Morgan fingerprint density at radius 2 is 1.61 bits per heavy atom. The van der Waals surface area contributed by atoms with Crippen molar-refractivity contribution in [3.05, 3.63) is 71.3 Å². The van der Waals surface area contributed by atoms with E-state index in [0.717, 1.165) is 16.8 Å². The normalized spacial score (nSPS) is 19.8. The van der Waals surface area contributed by atoms with Crippen molar-refractivity contribution in [3.63, 3.8) is 0 Å². The number of benzene rings is 3. The highest BCUT2D eigenvalue weighted by Gasteiger charge is 2.54. The number of aryl methyl sites for hydroxylation is 1. The minimum absolute atomic E-state index is 0.297. The minimum atomic E-state index is -0.858. The molecule has 2 heterocycles. The summed E-state index contributed by atoms with van der Waals surface area (Å²) in [5.74, 6) is 2.06. The molecular formula is C29H30N2O6S. The first-order valence-electron chi connectivity index (χ1n) is 12.2. The molecule has 9 heteroatoms. The molecule has 198 valence electrons. The molecule has 0 N–H and O–H groups in total. The van der Waals surface area contributed by atoms with E-state index >= 15 is 0 Å². The van der Waals surface area contributed by atoms with Crippen molar-refractivity contribution in [2.24, 2.45) is 0 Å². The van der Waals surface area contributed by atoms with Crippen LogP contribution >= 0.6 is 12.2 Å². The molecule has 8 nitrogen and oxygen atoms in total. The van der Waals surface area contributed by atoms with Crippen LogP contribution in [0.4, 0.5) is 5.69 Å². The maximum absolute atomic E-state index is 14.3. The topological polar surface area (TPSA) is 69.7 Å². The van der Waals surface area contributed by atoms with E-state index in [4.69, 9.17) is 35.9 Å². The van der Waals surface area contributed by atoms with E-state index in [0.29, 0.717) is 45.8 Å². The second kappa shape index (κ2) is 9.72. The van der Waals surface area contributed by atoms with Crippen LogP contribution in [0.1, 0.15) is 40.9 Å². The summed E-state index contributed by atoms with van der Waals surface area (Å²) in [6.07, 6.45) is 0.484. The molecule has 2 unspecified atom stereocenters. The molecule has 3 aromatic carbocycles. The minimum Gasteiger partial charge on any atom is -0.493 e. The maximum atomic E-state index is 14.3. The number of anilines is 1. The highest BCUT2D eigenvalue weighted by atomic mass is 32.1. The number of hydrogen-bond acceptors (Lipinski definition) is 7. The lowest BCUT2D eigenvalue weighted by Crippen LogP contribution is -2.67. The lowest BCUT2D eigenvalue weighted by Gasteiger charge is -2.55. The maximum Gasteiger partial charge on any atom is 0.260 e. The average Bonchev–Trinajstić information content (AvgIpc) is 2.91. The summed E-state index contributed by atoms with van der Waals surface area (Å²) >= 11 is 6.07. The third kappa shape index (κ3) is 3.98. The van der Waals surface area contributed by atoms with Crippen LogP contribution in [0.25, 0.3) is 0 Å². The zero-order valence-corrected chi connectivity index (χ0v) is 23.0. The number of amides is 1. The van der Waals surface area contributed by atoms with Crippen LogP contribution in [0.5, 0.6) is 28.7 Å². The van der Waals surface area contributed by atoms with Gasteiger partial charge in [0, 0.05) is 23.2 Å². The number of fused-ring (bicyclic) bond motifs is 4. The summed E-state index contributed by atoms with van der Waals surface area (Å²) in [5.41, 5.74) is 2.22. The number of carbonyl (C=O) groups excluding carboxylic acids is 1. The third-order valence-electron chi connectivity index (χ3n) is 7.05. The van der Waals surface area contributed by atoms with Crippen molar-refractivity contribution in [1.82, 2.24) is 4.90 Å². The van der Waals surface area contributed by atoms with Gasteiger partial charge < -0.3 is 23.7 Å². The second-order valence-corrected chi connectivity index (χ2v) is 9.79. The molecule has 0 aliphatic carbocycles. The van der Waals surface area contributed by atoms with Gasteiger partial charge in [-0.3, -0.25) is 14.6 Å². The van der Waals surface area contributed by atoms with E-state index in [1.54, 1.807) is 24.1 Å². The molecule has 0 aromatic heterocycles. The molecule has 1 fully saturated rings. The van der Waals surface area contributed by atoms with Crippen LogP contribution in [0.2, 0.25) is 0 Å². The lowest BCUT2D eigenvalue weighted by molar-refractivity contribution is 0.0162. The highest BCUT2D eigenvalue weighted by Crippen LogP contribution is 2.53. The number of rotatable bonds is 6. The van der Waals surface area contributed by atoms with E-state index in [-0.39, 0.29) is 11.9 Å². The Balaban J connectivity index is 1.71. The van der Waals surface area contributed by atoms with Gasteiger partial charge in [0.2, 0.25) is 5.75 Å². The van der Waals surface area contributed by atoms with Gasteiger partial charge in [0.1, 0.15) is 0 Å². The largest absolute Gasteiger partial charge is 0.493 e. The molecule has 2 aliphatic rings. The standard InChI is InChI=1S/C29H30N2O6S/c1-17-9-7-10-19(13-17)31-28(38)30(27(32)18-14-23(34-4)26(36-6)24(15-18)35-5)21-16-29(31,2)37-25-20(21)11-8-12-22(25)33-3/h7-15,21H,16H2,1-6H3. The molecule has 3 aromatic rings. The molecule has 2 aliphatic heterocycles. The Morgan fingerprint density at radius 3 is 2.21 bits per heavy atom. The quantitative estimate of drug-likeness (QED) is 0.383. The molecular weight excluding hydrogens is 504 g/mol. The first-order valence-corrected chi connectivity index (χ1v) is 12.6. The van der Waals surface area contributed by atoms with Gasteiger partial charge in [-0.25, -0.2) is 0 Å². The highest BCUT2D eigenvalue weighted by molar-refractivity contribution is 7.80. The Bertz CT molecular complexity index is 1400. The molecule has 1 saturated heterocycles. The summed E-state index contributed by atoms with van der Waals surface area (Å²) < 4.78 is 28.8. The Labute approximate surface area is 227 Å². The van der Waals surface area contributed by atoms with E-state index in [1.165, 1.54) is 21.3 Å². The predicted octanol–water partition coefficient (Wildman–Crippen LogP) is 5.52. The van der Waals surface area contributed by atoms with Crippen LogP contribution in [0.15, 0.2) is 54.6 Å². The van der Waals surface area contributed by atoms with Gasteiger partial charge >= 0.3 is 0 Å². The number of thiocarbonyl (C=S) groups is 1. The van der Waals surface area contributed by atoms with Crippen molar-refractivity contribution in [1.29, 1.82) is 0 Å². The lowest BCUT2D eigenvalue weighted by atomic mass is 9.88. The SMILES string of the molecule is COc1cc(C(=O)N2C(=S)N(c3cccc(C)c3)C3(C)CC2c2cccc(OC)c2O3)cc(OC)c1OC. The summed E-state index contributed by atoms with van der Waals surface area (Å²) in [6, 6.07) is 16.6. The first kappa shape index (κ1) is 25.7. The second-order valence-electron chi connectivity index (χ2n) is 9.42. The van der Waals surface area contributed by atoms with Gasteiger partial charge in [0.15, 0.2) is 33.8 Å². The summed E-state index contributed by atoms with van der Waals surface area (Å²) in [7, 11) is 6.16. The number of nitrogens with zero attached hydrogens (tertiary/aromatic N) is 2. The number of methoxy groups -OCH3 is 4. The molecule has 38 heavy (non-hydrogen) atoms. The van der Waals surface area contributed by atoms with Crippen molar-refractivity contribution in [3.8, 4) is 28.7 Å². The van der Waals surface area contributed by atoms with Crippen molar-refractivity contribution < 1.29 is 28.5 Å². The zero-order valence-electron chi connectivity index (χ0n) is 22.2. The van der Waals surface area contributed by atoms with E-state index < -0.39 is 5.72 Å². The van der Waals surface area contributed by atoms with Crippen LogP contribution in [-0.2, 0) is 0 Å². The van der Waals surface area contributed by atoms with Gasteiger partial charge in [-0.2, -0.15) is 0 Å². The van der Waals surface area contributed by atoms with Gasteiger partial charge in [0.05, 0.1) is 34.5 Å². The van der Waals surface area contributed by atoms with Gasteiger partial charge in [-0.1, -0.05) is 24.3 Å².